The first kappa shape index (κ1) is 15.9. The largest absolute Gasteiger partial charge is 0.472 e. The monoisotopic (exact) mass is 346 g/mol. The van der Waals surface area contributed by atoms with E-state index >= 15 is 0 Å². The molecule has 3 heterocycles. The molecule has 2 aliphatic heterocycles. The van der Waals surface area contributed by atoms with Crippen LogP contribution in [0.3, 0.4) is 0 Å². The Bertz CT molecular complexity index is 693. The second-order valence-corrected chi connectivity index (χ2v) is 8.87. The van der Waals surface area contributed by atoms with Crippen molar-refractivity contribution >= 4 is 5.97 Å². The summed E-state index contributed by atoms with van der Waals surface area (Å²) < 4.78 is 16.8. The van der Waals surface area contributed by atoms with Crippen LogP contribution in [-0.2, 0) is 20.7 Å². The zero-order valence-electron chi connectivity index (χ0n) is 14.8. The smallest absolute Gasteiger partial charge is 0.312 e. The number of rotatable bonds is 3. The summed E-state index contributed by atoms with van der Waals surface area (Å²) >= 11 is 0. The predicted octanol–water partition coefficient (Wildman–Crippen LogP) is 2.86. The van der Waals surface area contributed by atoms with Crippen LogP contribution in [0, 0.1) is 16.7 Å². The summed E-state index contributed by atoms with van der Waals surface area (Å²) in [4.78, 5) is 12.6. The van der Waals surface area contributed by atoms with Crippen molar-refractivity contribution in [2.45, 2.75) is 63.1 Å². The molecule has 4 aliphatic rings. The topological polar surface area (TPSA) is 72.2 Å². The van der Waals surface area contributed by atoms with Crippen LogP contribution >= 0.6 is 0 Å². The molecule has 0 amide bonds. The van der Waals surface area contributed by atoms with Crippen molar-refractivity contribution in [2.24, 2.45) is 16.7 Å². The Balaban J connectivity index is 1.56. The van der Waals surface area contributed by atoms with E-state index in [0.29, 0.717) is 19.6 Å². The van der Waals surface area contributed by atoms with Gasteiger partial charge in [0.1, 0.15) is 17.8 Å². The molecular weight excluding hydrogens is 320 g/mol. The molecule has 1 spiro atoms. The number of hydrogen-bond acceptors (Lipinski definition) is 5. The van der Waals surface area contributed by atoms with Crippen molar-refractivity contribution in [2.75, 3.05) is 13.2 Å². The van der Waals surface area contributed by atoms with Crippen LogP contribution in [0.4, 0.5) is 0 Å². The SMILES string of the molecule is CC12CCCC3(COC1=O)C2CCC1(CO1)C3(O)CCc1ccoc1. The highest BCUT2D eigenvalue weighted by molar-refractivity contribution is 5.78. The number of carbonyl (C=O) groups is 1. The van der Waals surface area contributed by atoms with Crippen LogP contribution in [0.1, 0.15) is 51.0 Å². The summed E-state index contributed by atoms with van der Waals surface area (Å²) in [5.74, 6) is 0.108. The fourth-order valence-corrected chi connectivity index (χ4v) is 6.46. The Hall–Kier alpha value is -1.33. The molecule has 5 atom stereocenters. The predicted molar refractivity (Wildman–Crippen MR) is 88.7 cm³/mol. The molecule has 0 radical (unpaired) electrons. The molecule has 4 fully saturated rings. The minimum absolute atomic E-state index is 0.0716. The second kappa shape index (κ2) is 4.89. The number of aliphatic hydroxyl groups is 1. The first-order valence-corrected chi connectivity index (χ1v) is 9.51. The lowest BCUT2D eigenvalue weighted by atomic mass is 9.42. The maximum Gasteiger partial charge on any atom is 0.312 e. The third-order valence-corrected chi connectivity index (χ3v) is 7.94. The van der Waals surface area contributed by atoms with Gasteiger partial charge in [-0.2, -0.15) is 0 Å². The Kier molecular flexibility index (Phi) is 3.11. The van der Waals surface area contributed by atoms with E-state index in [2.05, 4.69) is 6.92 Å². The highest BCUT2D eigenvalue weighted by Crippen LogP contribution is 2.70. The number of ether oxygens (including phenoxy) is 2. The van der Waals surface area contributed by atoms with Gasteiger partial charge in [0.2, 0.25) is 0 Å². The quantitative estimate of drug-likeness (QED) is 0.673. The molecule has 1 N–H and O–H groups in total. The van der Waals surface area contributed by atoms with Gasteiger partial charge in [0.15, 0.2) is 0 Å². The molecule has 5 heteroatoms. The van der Waals surface area contributed by atoms with E-state index in [1.165, 1.54) is 0 Å². The fraction of sp³-hybridized carbons (Fsp3) is 0.750. The summed E-state index contributed by atoms with van der Waals surface area (Å²) in [7, 11) is 0. The van der Waals surface area contributed by atoms with E-state index in [1.54, 1.807) is 12.5 Å². The summed E-state index contributed by atoms with van der Waals surface area (Å²) in [5, 5.41) is 12.1. The van der Waals surface area contributed by atoms with E-state index in [1.807, 2.05) is 6.07 Å². The normalized spacial score (nSPS) is 48.1. The Morgan fingerprint density at radius 3 is 2.84 bits per heavy atom. The molecule has 1 aromatic rings. The molecule has 2 bridgehead atoms. The summed E-state index contributed by atoms with van der Waals surface area (Å²) in [5.41, 5.74) is -1.16. The lowest BCUT2D eigenvalue weighted by Gasteiger charge is -2.65. The first-order chi connectivity index (χ1) is 12.0. The molecule has 5 rings (SSSR count). The summed E-state index contributed by atoms with van der Waals surface area (Å²) in [6.45, 7) is 3.00. The minimum Gasteiger partial charge on any atom is -0.472 e. The molecule has 2 saturated carbocycles. The van der Waals surface area contributed by atoms with Gasteiger partial charge in [0, 0.05) is 5.41 Å². The van der Waals surface area contributed by atoms with Crippen molar-refractivity contribution in [1.82, 2.24) is 0 Å². The van der Waals surface area contributed by atoms with Crippen molar-refractivity contribution in [3.8, 4) is 0 Å². The van der Waals surface area contributed by atoms with Crippen molar-refractivity contribution in [3.63, 3.8) is 0 Å². The van der Waals surface area contributed by atoms with Gasteiger partial charge >= 0.3 is 5.97 Å². The number of aryl methyl sites for hydroxylation is 1. The van der Waals surface area contributed by atoms with Crippen LogP contribution in [0.2, 0.25) is 0 Å². The van der Waals surface area contributed by atoms with Gasteiger partial charge in [-0.25, -0.2) is 0 Å². The van der Waals surface area contributed by atoms with Gasteiger partial charge < -0.3 is 19.0 Å². The maximum absolute atomic E-state index is 12.6. The van der Waals surface area contributed by atoms with Gasteiger partial charge in [-0.15, -0.1) is 0 Å². The summed E-state index contributed by atoms with van der Waals surface area (Å²) in [6, 6.07) is 1.95. The van der Waals surface area contributed by atoms with E-state index in [0.717, 1.165) is 44.1 Å². The average molecular weight is 346 g/mol. The number of hydrogen-bond donors (Lipinski definition) is 1. The van der Waals surface area contributed by atoms with Crippen LogP contribution in [0.5, 0.6) is 0 Å². The number of epoxide rings is 1. The van der Waals surface area contributed by atoms with E-state index < -0.39 is 16.6 Å². The number of cyclic esters (lactones) is 1. The third-order valence-electron chi connectivity index (χ3n) is 7.94. The number of furan rings is 1. The minimum atomic E-state index is -0.956. The lowest BCUT2D eigenvalue weighted by molar-refractivity contribution is -0.272. The van der Waals surface area contributed by atoms with Gasteiger partial charge in [-0.3, -0.25) is 4.79 Å². The van der Waals surface area contributed by atoms with E-state index in [9.17, 15) is 9.90 Å². The Labute approximate surface area is 147 Å². The molecule has 1 aromatic heterocycles. The van der Waals surface area contributed by atoms with Crippen molar-refractivity contribution in [3.05, 3.63) is 24.2 Å². The summed E-state index contributed by atoms with van der Waals surface area (Å²) in [6.07, 6.45) is 9.31. The zero-order valence-corrected chi connectivity index (χ0v) is 14.8. The van der Waals surface area contributed by atoms with Gasteiger partial charge in [0.05, 0.1) is 24.5 Å². The maximum atomic E-state index is 12.6. The number of carbonyl (C=O) groups excluding carboxylic acids is 1. The van der Waals surface area contributed by atoms with E-state index in [-0.39, 0.29) is 17.3 Å². The molecule has 2 saturated heterocycles. The Morgan fingerprint density at radius 2 is 2.12 bits per heavy atom. The van der Waals surface area contributed by atoms with Crippen LogP contribution < -0.4 is 0 Å². The van der Waals surface area contributed by atoms with Crippen LogP contribution in [0.15, 0.2) is 23.0 Å². The van der Waals surface area contributed by atoms with Gasteiger partial charge in [-0.05, 0) is 63.0 Å². The highest BCUT2D eigenvalue weighted by atomic mass is 16.6. The first-order valence-electron chi connectivity index (χ1n) is 9.51. The standard InChI is InChI=1S/C20H26O5/c1-17-6-2-7-18(12-24-16(17)21)15(17)4-8-19(13-25-19)20(18,22)9-3-14-5-10-23-11-14/h5,10-11,15,22H,2-4,6-9,12-13H2,1H3. The molecular formula is C20H26O5. The highest BCUT2D eigenvalue weighted by Gasteiger charge is 2.77. The molecule has 2 aliphatic carbocycles. The third kappa shape index (κ3) is 1.83. The second-order valence-electron chi connectivity index (χ2n) is 8.87. The van der Waals surface area contributed by atoms with Gasteiger partial charge in [0.25, 0.3) is 0 Å². The van der Waals surface area contributed by atoms with Crippen LogP contribution in [0.25, 0.3) is 0 Å². The molecule has 5 unspecified atom stereocenters. The van der Waals surface area contributed by atoms with E-state index in [4.69, 9.17) is 13.9 Å². The van der Waals surface area contributed by atoms with Crippen molar-refractivity contribution in [1.29, 1.82) is 0 Å². The van der Waals surface area contributed by atoms with Crippen LogP contribution in [-0.4, -0.2) is 35.5 Å². The molecule has 0 aromatic carbocycles. The molecule has 25 heavy (non-hydrogen) atoms. The molecule has 136 valence electrons. The lowest BCUT2D eigenvalue weighted by Crippen LogP contribution is -2.72. The van der Waals surface area contributed by atoms with Crippen molar-refractivity contribution < 1.29 is 23.8 Å². The molecule has 5 nitrogen and oxygen atoms in total. The average Bonchev–Trinajstić information content (AvgIpc) is 3.19. The Morgan fingerprint density at radius 1 is 1.28 bits per heavy atom. The van der Waals surface area contributed by atoms with Gasteiger partial charge in [-0.1, -0.05) is 6.42 Å². The zero-order chi connectivity index (χ0) is 17.3. The number of esters is 1. The fourth-order valence-electron chi connectivity index (χ4n) is 6.46.